The molecule has 1 atom stereocenters. The summed E-state index contributed by atoms with van der Waals surface area (Å²) >= 11 is 0. The van der Waals surface area contributed by atoms with E-state index in [1.807, 2.05) is 25.2 Å². The highest BCUT2D eigenvalue weighted by molar-refractivity contribution is 5.01. The van der Waals surface area contributed by atoms with Crippen molar-refractivity contribution in [2.24, 2.45) is 5.41 Å². The fourth-order valence-corrected chi connectivity index (χ4v) is 0.973. The molecule has 1 nitrogen and oxygen atoms in total. The standard InChI is InChI=1S/C12H22O/c1-5-6-7-8-9-10-11(13)12(2,3)4/h5-8,11,13H,9-10H2,1-4H3/b6-5+,8-7+. The highest BCUT2D eigenvalue weighted by Crippen LogP contribution is 2.22. The Labute approximate surface area is 82.2 Å². The van der Waals surface area contributed by atoms with Crippen LogP contribution in [-0.4, -0.2) is 11.2 Å². The van der Waals surface area contributed by atoms with Crippen LogP contribution in [0.1, 0.15) is 40.5 Å². The molecule has 0 aliphatic carbocycles. The highest BCUT2D eigenvalue weighted by atomic mass is 16.3. The maximum atomic E-state index is 9.69. The molecule has 0 aliphatic rings. The molecular weight excluding hydrogens is 160 g/mol. The van der Waals surface area contributed by atoms with Gasteiger partial charge in [-0.25, -0.2) is 0 Å². The van der Waals surface area contributed by atoms with Gasteiger partial charge in [-0.2, -0.15) is 0 Å². The largest absolute Gasteiger partial charge is 0.393 e. The lowest BCUT2D eigenvalue weighted by atomic mass is 9.86. The van der Waals surface area contributed by atoms with E-state index in [4.69, 9.17) is 0 Å². The van der Waals surface area contributed by atoms with Crippen LogP contribution in [0.15, 0.2) is 24.3 Å². The molecule has 0 radical (unpaired) electrons. The van der Waals surface area contributed by atoms with Gasteiger partial charge in [0.05, 0.1) is 6.10 Å². The molecule has 0 aromatic rings. The Bertz CT molecular complexity index is 172. The SMILES string of the molecule is C/C=C/C=C/CCC(O)C(C)(C)C. The Hall–Kier alpha value is -0.560. The summed E-state index contributed by atoms with van der Waals surface area (Å²) in [6.45, 7) is 8.18. The zero-order chi connectivity index (χ0) is 10.3. The summed E-state index contributed by atoms with van der Waals surface area (Å²) in [5.41, 5.74) is 0.00837. The van der Waals surface area contributed by atoms with Crippen molar-refractivity contribution in [1.29, 1.82) is 0 Å². The van der Waals surface area contributed by atoms with Gasteiger partial charge < -0.3 is 5.11 Å². The maximum Gasteiger partial charge on any atom is 0.0591 e. The van der Waals surface area contributed by atoms with E-state index in [1.165, 1.54) is 0 Å². The van der Waals surface area contributed by atoms with Gasteiger partial charge >= 0.3 is 0 Å². The van der Waals surface area contributed by atoms with Crippen molar-refractivity contribution < 1.29 is 5.11 Å². The molecule has 0 saturated carbocycles. The topological polar surface area (TPSA) is 20.2 Å². The summed E-state index contributed by atoms with van der Waals surface area (Å²) in [5, 5.41) is 9.69. The molecule has 0 fully saturated rings. The fraction of sp³-hybridized carbons (Fsp3) is 0.667. The average molecular weight is 182 g/mol. The van der Waals surface area contributed by atoms with E-state index in [2.05, 4.69) is 26.8 Å². The Kier molecular flexibility index (Phi) is 5.72. The quantitative estimate of drug-likeness (QED) is 0.661. The third-order valence-electron chi connectivity index (χ3n) is 2.05. The Morgan fingerprint density at radius 1 is 1.23 bits per heavy atom. The number of aliphatic hydroxyl groups is 1. The first-order valence-corrected chi connectivity index (χ1v) is 4.94. The van der Waals surface area contributed by atoms with E-state index in [9.17, 15) is 5.11 Å². The molecule has 0 saturated heterocycles. The molecule has 0 heterocycles. The van der Waals surface area contributed by atoms with E-state index < -0.39 is 0 Å². The van der Waals surface area contributed by atoms with Gasteiger partial charge in [0.1, 0.15) is 0 Å². The lowest BCUT2D eigenvalue weighted by Gasteiger charge is -2.25. The van der Waals surface area contributed by atoms with Crippen LogP contribution in [0.2, 0.25) is 0 Å². The molecule has 1 unspecified atom stereocenters. The van der Waals surface area contributed by atoms with Gasteiger partial charge in [-0.15, -0.1) is 0 Å². The van der Waals surface area contributed by atoms with Crippen molar-refractivity contribution in [3.05, 3.63) is 24.3 Å². The average Bonchev–Trinajstić information content (AvgIpc) is 2.02. The van der Waals surface area contributed by atoms with Gasteiger partial charge in [-0.1, -0.05) is 45.1 Å². The third-order valence-corrected chi connectivity index (χ3v) is 2.05. The number of rotatable bonds is 4. The van der Waals surface area contributed by atoms with Gasteiger partial charge in [-0.3, -0.25) is 0 Å². The summed E-state index contributed by atoms with van der Waals surface area (Å²) in [6, 6.07) is 0. The van der Waals surface area contributed by atoms with Crippen molar-refractivity contribution >= 4 is 0 Å². The molecule has 0 aromatic carbocycles. The number of allylic oxidation sites excluding steroid dienone is 4. The van der Waals surface area contributed by atoms with E-state index in [-0.39, 0.29) is 11.5 Å². The normalized spacial score (nSPS) is 15.8. The summed E-state index contributed by atoms with van der Waals surface area (Å²) in [4.78, 5) is 0. The zero-order valence-electron chi connectivity index (χ0n) is 9.25. The summed E-state index contributed by atoms with van der Waals surface area (Å²) in [7, 11) is 0. The highest BCUT2D eigenvalue weighted by Gasteiger charge is 2.20. The minimum atomic E-state index is -0.206. The second-order valence-electron chi connectivity index (χ2n) is 4.41. The van der Waals surface area contributed by atoms with Crippen molar-refractivity contribution in [1.82, 2.24) is 0 Å². The van der Waals surface area contributed by atoms with Crippen molar-refractivity contribution in [2.75, 3.05) is 0 Å². The van der Waals surface area contributed by atoms with Crippen LogP contribution in [0.25, 0.3) is 0 Å². The predicted octanol–water partition coefficient (Wildman–Crippen LogP) is 3.31. The lowest BCUT2D eigenvalue weighted by Crippen LogP contribution is -2.25. The second-order valence-corrected chi connectivity index (χ2v) is 4.41. The number of hydrogen-bond donors (Lipinski definition) is 1. The minimum Gasteiger partial charge on any atom is -0.393 e. The van der Waals surface area contributed by atoms with Crippen LogP contribution in [0.5, 0.6) is 0 Å². The van der Waals surface area contributed by atoms with Gasteiger partial charge in [0.25, 0.3) is 0 Å². The van der Waals surface area contributed by atoms with Crippen molar-refractivity contribution in [3.8, 4) is 0 Å². The molecule has 1 N–H and O–H groups in total. The first kappa shape index (κ1) is 12.4. The van der Waals surface area contributed by atoms with Crippen LogP contribution in [0, 0.1) is 5.41 Å². The van der Waals surface area contributed by atoms with E-state index in [0.717, 1.165) is 12.8 Å². The van der Waals surface area contributed by atoms with Crippen molar-refractivity contribution in [2.45, 2.75) is 46.6 Å². The Morgan fingerprint density at radius 3 is 2.31 bits per heavy atom. The van der Waals surface area contributed by atoms with E-state index in [1.54, 1.807) is 0 Å². The summed E-state index contributed by atoms with van der Waals surface area (Å²) in [6.07, 6.45) is 9.70. The zero-order valence-corrected chi connectivity index (χ0v) is 9.25. The monoisotopic (exact) mass is 182 g/mol. The lowest BCUT2D eigenvalue weighted by molar-refractivity contribution is 0.0566. The molecule has 0 aliphatic heterocycles. The third kappa shape index (κ3) is 6.59. The van der Waals surface area contributed by atoms with Crippen LogP contribution in [0.4, 0.5) is 0 Å². The molecule has 0 amide bonds. The smallest absolute Gasteiger partial charge is 0.0591 e. The number of hydrogen-bond acceptors (Lipinski definition) is 1. The molecule has 0 spiro atoms. The molecule has 76 valence electrons. The first-order chi connectivity index (χ1) is 5.98. The van der Waals surface area contributed by atoms with Crippen LogP contribution in [-0.2, 0) is 0 Å². The second kappa shape index (κ2) is 5.98. The van der Waals surface area contributed by atoms with Gasteiger partial charge in [0, 0.05) is 0 Å². The van der Waals surface area contributed by atoms with Gasteiger partial charge in [0.15, 0.2) is 0 Å². The van der Waals surface area contributed by atoms with Crippen LogP contribution >= 0.6 is 0 Å². The van der Waals surface area contributed by atoms with Crippen LogP contribution < -0.4 is 0 Å². The summed E-state index contributed by atoms with van der Waals surface area (Å²) < 4.78 is 0. The molecule has 0 bridgehead atoms. The van der Waals surface area contributed by atoms with Crippen molar-refractivity contribution in [3.63, 3.8) is 0 Å². The predicted molar refractivity (Wildman–Crippen MR) is 58.6 cm³/mol. The molecule has 0 aromatic heterocycles. The minimum absolute atomic E-state index is 0.00837. The number of aliphatic hydroxyl groups excluding tert-OH is 1. The fourth-order valence-electron chi connectivity index (χ4n) is 0.973. The van der Waals surface area contributed by atoms with E-state index >= 15 is 0 Å². The summed E-state index contributed by atoms with van der Waals surface area (Å²) in [5.74, 6) is 0. The van der Waals surface area contributed by atoms with Gasteiger partial charge in [0.2, 0.25) is 0 Å². The van der Waals surface area contributed by atoms with Gasteiger partial charge in [-0.05, 0) is 25.2 Å². The first-order valence-electron chi connectivity index (χ1n) is 4.94. The van der Waals surface area contributed by atoms with E-state index in [0.29, 0.717) is 0 Å². The Balaban J connectivity index is 3.65. The molecule has 1 heteroatoms. The van der Waals surface area contributed by atoms with Crippen LogP contribution in [0.3, 0.4) is 0 Å². The molecular formula is C12H22O. The Morgan fingerprint density at radius 2 is 1.85 bits per heavy atom. The molecule has 13 heavy (non-hydrogen) atoms. The maximum absolute atomic E-state index is 9.69. The molecule has 0 rings (SSSR count).